The number of aryl methyl sites for hydroxylation is 1. The summed E-state index contributed by atoms with van der Waals surface area (Å²) in [5.41, 5.74) is 2.70. The van der Waals surface area contributed by atoms with Crippen molar-refractivity contribution < 1.29 is 23.8 Å². The normalized spacial score (nSPS) is 17.4. The first kappa shape index (κ1) is 24.3. The molecule has 1 amide bonds. The zero-order valence-electron chi connectivity index (χ0n) is 20.2. The molecule has 1 atom stereocenters. The minimum atomic E-state index is -0.774. The number of hydrogen-bond donors (Lipinski definition) is 1. The number of furan rings is 1. The standard InChI is InChI=1S/C28H30N2O5/c1-19-8-4-5-9-21(19)18-35-22-13-11-20(12-14-22)26(31)24-25(23-10-6-17-34-23)30(28(33)27(24)32)16-7-15-29(2)3/h4-6,8-14,17,25,31H,7,15-16,18H2,1-3H3/t25-/m0/s1. The second-order valence-electron chi connectivity index (χ2n) is 8.90. The monoisotopic (exact) mass is 474 g/mol. The second-order valence-corrected chi connectivity index (χ2v) is 8.90. The highest BCUT2D eigenvalue weighted by Gasteiger charge is 2.47. The number of benzene rings is 2. The molecule has 1 aliphatic heterocycles. The van der Waals surface area contributed by atoms with Gasteiger partial charge in [0.1, 0.15) is 29.9 Å². The summed E-state index contributed by atoms with van der Waals surface area (Å²) in [6.07, 6.45) is 2.18. The second kappa shape index (κ2) is 10.6. The van der Waals surface area contributed by atoms with Gasteiger partial charge in [0.15, 0.2) is 0 Å². The summed E-state index contributed by atoms with van der Waals surface area (Å²) < 4.78 is 11.5. The number of nitrogens with zero attached hydrogens (tertiary/aromatic N) is 2. The van der Waals surface area contributed by atoms with Crippen LogP contribution in [0.3, 0.4) is 0 Å². The number of hydrogen-bond acceptors (Lipinski definition) is 6. The fourth-order valence-electron chi connectivity index (χ4n) is 4.21. The Balaban J connectivity index is 1.59. The zero-order chi connectivity index (χ0) is 24.9. The van der Waals surface area contributed by atoms with E-state index in [-0.39, 0.29) is 11.3 Å². The van der Waals surface area contributed by atoms with E-state index in [4.69, 9.17) is 9.15 Å². The molecule has 7 nitrogen and oxygen atoms in total. The van der Waals surface area contributed by atoms with E-state index in [1.807, 2.05) is 50.2 Å². The molecule has 35 heavy (non-hydrogen) atoms. The van der Waals surface area contributed by atoms with Crippen LogP contribution in [0.15, 0.2) is 76.9 Å². The van der Waals surface area contributed by atoms with Gasteiger partial charge in [-0.1, -0.05) is 24.3 Å². The molecule has 1 saturated heterocycles. The molecule has 0 saturated carbocycles. The molecule has 0 unspecified atom stereocenters. The zero-order valence-corrected chi connectivity index (χ0v) is 20.2. The van der Waals surface area contributed by atoms with Crippen LogP contribution in [0, 0.1) is 6.92 Å². The van der Waals surface area contributed by atoms with Gasteiger partial charge in [-0.25, -0.2) is 0 Å². The molecule has 3 aromatic rings. The van der Waals surface area contributed by atoms with Gasteiger partial charge in [-0.05, 0) is 81.5 Å². The smallest absolute Gasteiger partial charge is 0.295 e. The number of ketones is 1. The molecule has 182 valence electrons. The van der Waals surface area contributed by atoms with Crippen molar-refractivity contribution >= 4 is 17.4 Å². The van der Waals surface area contributed by atoms with Crippen molar-refractivity contribution in [3.8, 4) is 5.75 Å². The number of rotatable bonds is 9. The number of amides is 1. The highest BCUT2D eigenvalue weighted by Crippen LogP contribution is 2.39. The van der Waals surface area contributed by atoms with Crippen LogP contribution in [0.4, 0.5) is 0 Å². The predicted molar refractivity (Wildman–Crippen MR) is 133 cm³/mol. The Labute approximate surface area is 205 Å². The highest BCUT2D eigenvalue weighted by atomic mass is 16.5. The average Bonchev–Trinajstić information content (AvgIpc) is 3.46. The van der Waals surface area contributed by atoms with Crippen molar-refractivity contribution in [2.24, 2.45) is 0 Å². The highest BCUT2D eigenvalue weighted by molar-refractivity contribution is 6.46. The van der Waals surface area contributed by atoms with Crippen LogP contribution in [-0.2, 0) is 16.2 Å². The number of aliphatic hydroxyl groups is 1. The van der Waals surface area contributed by atoms with Crippen molar-refractivity contribution in [2.75, 3.05) is 27.2 Å². The molecule has 2 aromatic carbocycles. The van der Waals surface area contributed by atoms with Crippen molar-refractivity contribution in [2.45, 2.75) is 26.0 Å². The third kappa shape index (κ3) is 5.30. The van der Waals surface area contributed by atoms with Crippen molar-refractivity contribution in [1.29, 1.82) is 0 Å². The van der Waals surface area contributed by atoms with Crippen LogP contribution < -0.4 is 4.74 Å². The molecule has 4 rings (SSSR count). The van der Waals surface area contributed by atoms with Gasteiger partial charge in [0.2, 0.25) is 0 Å². The largest absolute Gasteiger partial charge is 0.507 e. The number of Topliss-reactive ketones (excluding diaryl/α,β-unsaturated/α-hetero) is 1. The molecular formula is C28H30N2O5. The number of aliphatic hydroxyl groups excluding tert-OH is 1. The van der Waals surface area contributed by atoms with Crippen LogP contribution in [-0.4, -0.2) is 53.8 Å². The molecular weight excluding hydrogens is 444 g/mol. The summed E-state index contributed by atoms with van der Waals surface area (Å²) in [5, 5.41) is 11.1. The topological polar surface area (TPSA) is 83.2 Å². The minimum Gasteiger partial charge on any atom is -0.507 e. The lowest BCUT2D eigenvalue weighted by atomic mass is 9.99. The van der Waals surface area contributed by atoms with E-state index in [1.54, 1.807) is 36.4 Å². The van der Waals surface area contributed by atoms with Crippen LogP contribution in [0.1, 0.15) is 34.9 Å². The summed E-state index contributed by atoms with van der Waals surface area (Å²) in [6.45, 7) is 3.59. The Kier molecular flexibility index (Phi) is 7.36. The molecule has 1 aromatic heterocycles. The average molecular weight is 475 g/mol. The Morgan fingerprint density at radius 1 is 1.06 bits per heavy atom. The number of carbonyl (C=O) groups is 2. The lowest BCUT2D eigenvalue weighted by Crippen LogP contribution is -2.32. The van der Waals surface area contributed by atoms with E-state index in [1.165, 1.54) is 11.2 Å². The van der Waals surface area contributed by atoms with Gasteiger partial charge in [0.25, 0.3) is 11.7 Å². The Morgan fingerprint density at radius 2 is 1.80 bits per heavy atom. The van der Waals surface area contributed by atoms with E-state index in [9.17, 15) is 14.7 Å². The maximum Gasteiger partial charge on any atom is 0.295 e. The SMILES string of the molecule is Cc1ccccc1COc1ccc(C(O)=C2C(=O)C(=O)N(CCCN(C)C)[C@H]2c2ccco2)cc1. The maximum absolute atomic E-state index is 13.0. The molecule has 1 N–H and O–H groups in total. The number of likely N-dealkylation sites (tertiary alicyclic amines) is 1. The van der Waals surface area contributed by atoms with Crippen molar-refractivity contribution in [3.05, 3.63) is 95.0 Å². The summed E-state index contributed by atoms with van der Waals surface area (Å²) >= 11 is 0. The van der Waals surface area contributed by atoms with E-state index >= 15 is 0 Å². The van der Waals surface area contributed by atoms with Gasteiger partial charge >= 0.3 is 0 Å². The van der Waals surface area contributed by atoms with E-state index < -0.39 is 17.7 Å². The van der Waals surface area contributed by atoms with Crippen molar-refractivity contribution in [1.82, 2.24) is 9.80 Å². The van der Waals surface area contributed by atoms with Gasteiger partial charge in [0, 0.05) is 12.1 Å². The molecule has 0 aliphatic carbocycles. The minimum absolute atomic E-state index is 0.0309. The fraction of sp³-hybridized carbons (Fsp3) is 0.286. The maximum atomic E-state index is 13.0. The molecule has 0 spiro atoms. The van der Waals surface area contributed by atoms with Gasteiger partial charge in [-0.2, -0.15) is 0 Å². The van der Waals surface area contributed by atoms with Gasteiger partial charge < -0.3 is 24.1 Å². The van der Waals surface area contributed by atoms with Crippen molar-refractivity contribution in [3.63, 3.8) is 0 Å². The van der Waals surface area contributed by atoms with E-state index in [2.05, 4.69) is 0 Å². The summed E-state index contributed by atoms with van der Waals surface area (Å²) in [7, 11) is 3.90. The van der Waals surface area contributed by atoms with E-state index in [0.717, 1.165) is 17.7 Å². The van der Waals surface area contributed by atoms with Gasteiger partial charge in [0.05, 0.1) is 11.8 Å². The van der Waals surface area contributed by atoms with E-state index in [0.29, 0.717) is 36.6 Å². The quantitative estimate of drug-likeness (QED) is 0.279. The predicted octanol–water partition coefficient (Wildman–Crippen LogP) is 4.54. The number of carbonyl (C=O) groups excluding carboxylic acids is 2. The van der Waals surface area contributed by atoms with Crippen LogP contribution in [0.25, 0.3) is 5.76 Å². The Bertz CT molecular complexity index is 1210. The lowest BCUT2D eigenvalue weighted by molar-refractivity contribution is -0.140. The summed E-state index contributed by atoms with van der Waals surface area (Å²) in [5.74, 6) is -0.505. The fourth-order valence-corrected chi connectivity index (χ4v) is 4.21. The van der Waals surface area contributed by atoms with Gasteiger partial charge in [-0.15, -0.1) is 0 Å². The number of ether oxygens (including phenoxy) is 1. The van der Waals surface area contributed by atoms with Crippen LogP contribution >= 0.6 is 0 Å². The molecule has 0 bridgehead atoms. The van der Waals surface area contributed by atoms with Crippen LogP contribution in [0.5, 0.6) is 5.75 Å². The molecule has 2 heterocycles. The molecule has 0 radical (unpaired) electrons. The first-order valence-electron chi connectivity index (χ1n) is 11.6. The first-order chi connectivity index (χ1) is 16.9. The molecule has 7 heteroatoms. The summed E-state index contributed by atoms with van der Waals surface area (Å²) in [6, 6.07) is 17.5. The lowest BCUT2D eigenvalue weighted by Gasteiger charge is -2.24. The third-order valence-electron chi connectivity index (χ3n) is 6.14. The van der Waals surface area contributed by atoms with Crippen LogP contribution in [0.2, 0.25) is 0 Å². The molecule has 1 aliphatic rings. The summed E-state index contributed by atoms with van der Waals surface area (Å²) in [4.78, 5) is 29.4. The third-order valence-corrected chi connectivity index (χ3v) is 6.14. The first-order valence-corrected chi connectivity index (χ1v) is 11.6. The van der Waals surface area contributed by atoms with Gasteiger partial charge in [-0.3, -0.25) is 9.59 Å². The Morgan fingerprint density at radius 3 is 2.46 bits per heavy atom. The Hall–Kier alpha value is -3.84. The molecule has 1 fully saturated rings.